The zero-order valence-corrected chi connectivity index (χ0v) is 13.2. The average Bonchev–Trinajstić information content (AvgIpc) is 2.50. The molecule has 1 rings (SSSR count). The summed E-state index contributed by atoms with van der Waals surface area (Å²) in [5.74, 6) is -4.16. The molecule has 0 saturated heterocycles. The van der Waals surface area contributed by atoms with E-state index in [1.165, 1.54) is 7.11 Å². The molecule has 0 saturated carbocycles. The molecule has 0 aromatic rings. The highest BCUT2D eigenvalue weighted by molar-refractivity contribution is 5.90. The molecule has 1 unspecified atom stereocenters. The summed E-state index contributed by atoms with van der Waals surface area (Å²) in [6.07, 6.45) is 3.09. The second-order valence-corrected chi connectivity index (χ2v) is 4.86. The lowest BCUT2D eigenvalue weighted by molar-refractivity contribution is -0.136. The summed E-state index contributed by atoms with van der Waals surface area (Å²) in [5.41, 5.74) is -1.76. The highest BCUT2D eigenvalue weighted by atomic mass is 16.5. The zero-order chi connectivity index (χ0) is 18.9. The van der Waals surface area contributed by atoms with Gasteiger partial charge in [-0.25, -0.2) is 14.4 Å². The molecule has 0 aromatic heterocycles. The van der Waals surface area contributed by atoms with E-state index in [0.717, 1.165) is 12.2 Å². The number of allylic oxidation sites excluding steroid dienone is 1. The van der Waals surface area contributed by atoms with Crippen molar-refractivity contribution in [3.05, 3.63) is 35.3 Å². The first kappa shape index (κ1) is 21.2. The maximum Gasteiger partial charge on any atom is 0.331 e. The van der Waals surface area contributed by atoms with E-state index < -0.39 is 35.0 Å². The molecule has 1 atom stereocenters. The quantitative estimate of drug-likeness (QED) is 0.362. The number of methoxy groups -OCH3 is 1. The minimum atomic E-state index is -1.65. The van der Waals surface area contributed by atoms with Crippen LogP contribution in [0.4, 0.5) is 0 Å². The van der Waals surface area contributed by atoms with Crippen molar-refractivity contribution in [2.45, 2.75) is 31.8 Å². The number of aliphatic carboxylic acids is 2. The third-order valence-corrected chi connectivity index (χ3v) is 2.98. The first-order chi connectivity index (χ1) is 11.1. The van der Waals surface area contributed by atoms with Crippen LogP contribution in [0.15, 0.2) is 35.3 Å². The van der Waals surface area contributed by atoms with E-state index in [1.54, 1.807) is 6.92 Å². The molecule has 24 heavy (non-hydrogen) atoms. The monoisotopic (exact) mass is 344 g/mol. The molecule has 0 bridgehead atoms. The van der Waals surface area contributed by atoms with Crippen molar-refractivity contribution in [3.8, 4) is 0 Å². The molecule has 0 heterocycles. The fourth-order valence-electron chi connectivity index (χ4n) is 1.89. The van der Waals surface area contributed by atoms with Crippen LogP contribution < -0.4 is 0 Å². The second-order valence-electron chi connectivity index (χ2n) is 4.86. The number of carboxylic acid groups (broad SMARTS) is 2. The standard InChI is InChI=1S/C10H14O5.C5H6O4/c1-2-3-10(15)5-6(9(13)14)4-7(11)8(10)12;1-9-5(8)3-2-4(6)7/h4,11-12,15H,2-3,5H2,1H3,(H,13,14);2-3H,1H3,(H,6,7)/b;3-2+. The van der Waals surface area contributed by atoms with Crippen LogP contribution >= 0.6 is 0 Å². The van der Waals surface area contributed by atoms with Crippen LogP contribution in [0.5, 0.6) is 0 Å². The minimum Gasteiger partial charge on any atom is -0.506 e. The van der Waals surface area contributed by atoms with Crippen molar-refractivity contribution >= 4 is 17.9 Å². The Labute approximate surface area is 137 Å². The van der Waals surface area contributed by atoms with E-state index in [2.05, 4.69) is 4.74 Å². The molecule has 0 spiro atoms. The molecule has 5 N–H and O–H groups in total. The van der Waals surface area contributed by atoms with Crippen LogP contribution in [0.3, 0.4) is 0 Å². The maximum atomic E-state index is 10.7. The molecule has 134 valence electrons. The lowest BCUT2D eigenvalue weighted by atomic mass is 9.84. The predicted molar refractivity (Wildman–Crippen MR) is 81.3 cm³/mol. The molecule has 9 nitrogen and oxygen atoms in total. The minimum absolute atomic E-state index is 0.110. The van der Waals surface area contributed by atoms with E-state index in [9.17, 15) is 29.7 Å². The molecule has 0 aromatic carbocycles. The molecule has 1 aliphatic carbocycles. The van der Waals surface area contributed by atoms with E-state index in [1.807, 2.05) is 0 Å². The van der Waals surface area contributed by atoms with Gasteiger partial charge in [0.15, 0.2) is 11.5 Å². The topological polar surface area (TPSA) is 162 Å². The third kappa shape index (κ3) is 6.53. The average molecular weight is 344 g/mol. The smallest absolute Gasteiger partial charge is 0.331 e. The Morgan fingerprint density at radius 3 is 2.25 bits per heavy atom. The number of rotatable bonds is 5. The molecule has 9 heteroatoms. The molecule has 1 aliphatic rings. The van der Waals surface area contributed by atoms with Gasteiger partial charge in [-0.2, -0.15) is 0 Å². The summed E-state index contributed by atoms with van der Waals surface area (Å²) in [4.78, 5) is 30.6. The third-order valence-electron chi connectivity index (χ3n) is 2.98. The fourth-order valence-corrected chi connectivity index (χ4v) is 1.89. The molecule has 0 amide bonds. The van der Waals surface area contributed by atoms with Gasteiger partial charge in [-0.3, -0.25) is 0 Å². The molecular weight excluding hydrogens is 324 g/mol. The number of carbonyl (C=O) groups excluding carboxylic acids is 1. The highest BCUT2D eigenvalue weighted by Crippen LogP contribution is 2.34. The first-order valence-electron chi connectivity index (χ1n) is 6.85. The normalized spacial score (nSPS) is 20.0. The highest BCUT2D eigenvalue weighted by Gasteiger charge is 2.39. The van der Waals surface area contributed by atoms with Crippen molar-refractivity contribution in [3.63, 3.8) is 0 Å². The van der Waals surface area contributed by atoms with Gasteiger partial charge in [-0.1, -0.05) is 13.3 Å². The second kappa shape index (κ2) is 9.36. The number of carbonyl (C=O) groups is 3. The van der Waals surface area contributed by atoms with Crippen LogP contribution in [-0.4, -0.2) is 56.2 Å². The van der Waals surface area contributed by atoms with Gasteiger partial charge in [0, 0.05) is 24.1 Å². The lowest BCUT2D eigenvalue weighted by Gasteiger charge is -2.30. The number of hydrogen-bond acceptors (Lipinski definition) is 7. The van der Waals surface area contributed by atoms with Gasteiger partial charge in [-0.05, 0) is 12.5 Å². The van der Waals surface area contributed by atoms with Crippen LogP contribution in [0.25, 0.3) is 0 Å². The van der Waals surface area contributed by atoms with Crippen molar-refractivity contribution in [1.82, 2.24) is 0 Å². The number of carboxylic acids is 2. The Morgan fingerprint density at radius 1 is 1.25 bits per heavy atom. The Morgan fingerprint density at radius 2 is 1.83 bits per heavy atom. The summed E-state index contributed by atoms with van der Waals surface area (Å²) in [6, 6.07) is 0. The summed E-state index contributed by atoms with van der Waals surface area (Å²) in [7, 11) is 1.18. The molecule has 0 aliphatic heterocycles. The largest absolute Gasteiger partial charge is 0.506 e. The Balaban J connectivity index is 0.000000506. The van der Waals surface area contributed by atoms with Gasteiger partial charge in [0.2, 0.25) is 0 Å². The Hall–Kier alpha value is -2.81. The van der Waals surface area contributed by atoms with E-state index in [-0.39, 0.29) is 18.4 Å². The predicted octanol–water partition coefficient (Wildman–Crippen LogP) is 1.06. The SMILES string of the molecule is CCCC1(O)CC(C(=O)O)=CC(O)=C1O.COC(=O)/C=C/C(=O)O. The van der Waals surface area contributed by atoms with Gasteiger partial charge in [0.25, 0.3) is 0 Å². The van der Waals surface area contributed by atoms with Gasteiger partial charge in [-0.15, -0.1) is 0 Å². The Bertz CT molecular complexity index is 586. The fraction of sp³-hybridized carbons (Fsp3) is 0.400. The van der Waals surface area contributed by atoms with Crippen molar-refractivity contribution in [1.29, 1.82) is 0 Å². The number of hydrogen-bond donors (Lipinski definition) is 5. The summed E-state index contributed by atoms with van der Waals surface area (Å²) < 4.78 is 4.11. The van der Waals surface area contributed by atoms with E-state index in [4.69, 9.17) is 10.2 Å². The molecule has 0 radical (unpaired) electrons. The van der Waals surface area contributed by atoms with Crippen LogP contribution in [0, 0.1) is 0 Å². The van der Waals surface area contributed by atoms with Crippen molar-refractivity contribution in [2.24, 2.45) is 0 Å². The van der Waals surface area contributed by atoms with E-state index in [0.29, 0.717) is 12.5 Å². The number of aliphatic hydroxyl groups is 3. The molecular formula is C15H20O9. The van der Waals surface area contributed by atoms with Gasteiger partial charge in [0.1, 0.15) is 5.60 Å². The maximum absolute atomic E-state index is 10.7. The van der Waals surface area contributed by atoms with Gasteiger partial charge in [0.05, 0.1) is 7.11 Å². The van der Waals surface area contributed by atoms with Gasteiger partial charge < -0.3 is 30.3 Å². The summed E-state index contributed by atoms with van der Waals surface area (Å²) >= 11 is 0. The summed E-state index contributed by atoms with van der Waals surface area (Å²) in [5, 5.41) is 45.4. The number of aliphatic hydroxyl groups excluding tert-OH is 2. The zero-order valence-electron chi connectivity index (χ0n) is 13.2. The van der Waals surface area contributed by atoms with Crippen molar-refractivity contribution < 1.29 is 44.7 Å². The van der Waals surface area contributed by atoms with Crippen LogP contribution in [0.2, 0.25) is 0 Å². The lowest BCUT2D eigenvalue weighted by Crippen LogP contribution is -2.36. The molecule has 0 fully saturated rings. The van der Waals surface area contributed by atoms with Gasteiger partial charge >= 0.3 is 17.9 Å². The van der Waals surface area contributed by atoms with E-state index >= 15 is 0 Å². The van der Waals surface area contributed by atoms with Crippen LogP contribution in [-0.2, 0) is 19.1 Å². The van der Waals surface area contributed by atoms with Crippen molar-refractivity contribution in [2.75, 3.05) is 7.11 Å². The summed E-state index contributed by atoms with van der Waals surface area (Å²) in [6.45, 7) is 1.79. The number of esters is 1. The number of ether oxygens (including phenoxy) is 1. The Kier molecular flexibility index (Phi) is 8.26. The van der Waals surface area contributed by atoms with Crippen LogP contribution in [0.1, 0.15) is 26.2 Å². The first-order valence-corrected chi connectivity index (χ1v) is 6.85.